The van der Waals surface area contributed by atoms with Gasteiger partial charge in [-0.1, -0.05) is 0 Å². The monoisotopic (exact) mass is 321 g/mol. The van der Waals surface area contributed by atoms with E-state index in [-0.39, 0.29) is 24.9 Å². The SMILES string of the molecule is NCC1CN(c2ccc(N3CCCC(=O)C(F)C3)cc2)C(=O)O1. The molecule has 124 valence electrons. The molecule has 0 aliphatic carbocycles. The zero-order valence-electron chi connectivity index (χ0n) is 12.8. The molecule has 2 heterocycles. The quantitative estimate of drug-likeness (QED) is 0.912. The second-order valence-electron chi connectivity index (χ2n) is 5.85. The molecule has 2 saturated heterocycles. The van der Waals surface area contributed by atoms with Gasteiger partial charge >= 0.3 is 6.09 Å². The van der Waals surface area contributed by atoms with Crippen molar-refractivity contribution in [2.24, 2.45) is 5.73 Å². The van der Waals surface area contributed by atoms with Crippen molar-refractivity contribution in [2.75, 3.05) is 36.0 Å². The van der Waals surface area contributed by atoms with E-state index < -0.39 is 12.3 Å². The molecule has 2 unspecified atom stereocenters. The van der Waals surface area contributed by atoms with Crippen molar-refractivity contribution in [2.45, 2.75) is 25.1 Å². The predicted molar refractivity (Wildman–Crippen MR) is 84.5 cm³/mol. The van der Waals surface area contributed by atoms with Gasteiger partial charge in [-0.25, -0.2) is 9.18 Å². The van der Waals surface area contributed by atoms with Crippen LogP contribution >= 0.6 is 0 Å². The molecule has 2 aliphatic heterocycles. The first-order chi connectivity index (χ1) is 11.1. The van der Waals surface area contributed by atoms with Gasteiger partial charge in [0.25, 0.3) is 0 Å². The van der Waals surface area contributed by atoms with Gasteiger partial charge in [0.2, 0.25) is 0 Å². The molecule has 2 N–H and O–H groups in total. The number of carbonyl (C=O) groups is 2. The maximum absolute atomic E-state index is 13.8. The lowest BCUT2D eigenvalue weighted by Crippen LogP contribution is -2.31. The first-order valence-electron chi connectivity index (χ1n) is 7.78. The molecule has 23 heavy (non-hydrogen) atoms. The number of cyclic esters (lactones) is 1. The number of Topliss-reactive ketones (excluding diaryl/α,β-unsaturated/α-hetero) is 1. The number of ether oxygens (including phenoxy) is 1. The summed E-state index contributed by atoms with van der Waals surface area (Å²) in [5.74, 6) is -0.322. The van der Waals surface area contributed by atoms with E-state index in [0.717, 1.165) is 11.4 Å². The normalized spacial score (nSPS) is 25.5. The summed E-state index contributed by atoms with van der Waals surface area (Å²) < 4.78 is 18.9. The average Bonchev–Trinajstić information content (AvgIpc) is 2.86. The van der Waals surface area contributed by atoms with Crippen molar-refractivity contribution in [3.05, 3.63) is 24.3 Å². The summed E-state index contributed by atoms with van der Waals surface area (Å²) in [7, 11) is 0. The molecular weight excluding hydrogens is 301 g/mol. The number of ketones is 1. The molecule has 2 fully saturated rings. The zero-order chi connectivity index (χ0) is 16.4. The van der Waals surface area contributed by atoms with Gasteiger partial charge in [0.05, 0.1) is 13.1 Å². The number of nitrogens with zero attached hydrogens (tertiary/aromatic N) is 2. The Balaban J connectivity index is 1.72. The number of alkyl halides is 1. The summed E-state index contributed by atoms with van der Waals surface area (Å²) in [5, 5.41) is 0. The Labute approximate surface area is 134 Å². The van der Waals surface area contributed by atoms with E-state index in [1.54, 1.807) is 12.1 Å². The Morgan fingerprint density at radius 3 is 2.52 bits per heavy atom. The van der Waals surface area contributed by atoms with Gasteiger partial charge in [0.15, 0.2) is 12.0 Å². The Morgan fingerprint density at radius 2 is 1.87 bits per heavy atom. The number of hydrogen-bond donors (Lipinski definition) is 1. The largest absolute Gasteiger partial charge is 0.443 e. The van der Waals surface area contributed by atoms with Crippen LogP contribution in [0.1, 0.15) is 12.8 Å². The van der Waals surface area contributed by atoms with Crippen LogP contribution in [0.15, 0.2) is 24.3 Å². The third-order valence-corrected chi connectivity index (χ3v) is 4.24. The summed E-state index contributed by atoms with van der Waals surface area (Å²) >= 11 is 0. The van der Waals surface area contributed by atoms with Crippen LogP contribution in [0.25, 0.3) is 0 Å². The standard InChI is InChI=1S/C16H20FN3O3/c17-14-10-19(7-1-2-15(14)21)11-3-5-12(6-4-11)20-9-13(8-18)23-16(20)22/h3-6,13-14H,1-2,7-10,18H2. The highest BCUT2D eigenvalue weighted by atomic mass is 19.1. The van der Waals surface area contributed by atoms with Crippen molar-refractivity contribution in [3.8, 4) is 0 Å². The van der Waals surface area contributed by atoms with Crippen LogP contribution in [0.5, 0.6) is 0 Å². The fraction of sp³-hybridized carbons (Fsp3) is 0.500. The van der Waals surface area contributed by atoms with Gasteiger partial charge in [-0.15, -0.1) is 0 Å². The summed E-state index contributed by atoms with van der Waals surface area (Å²) in [6.07, 6.45) is -1.19. The van der Waals surface area contributed by atoms with Crippen LogP contribution in [0, 0.1) is 0 Å². The molecule has 0 saturated carbocycles. The molecule has 6 nitrogen and oxygen atoms in total. The van der Waals surface area contributed by atoms with Crippen molar-refractivity contribution in [3.63, 3.8) is 0 Å². The topological polar surface area (TPSA) is 75.9 Å². The number of hydrogen-bond acceptors (Lipinski definition) is 5. The van der Waals surface area contributed by atoms with Gasteiger partial charge in [-0.2, -0.15) is 0 Å². The minimum Gasteiger partial charge on any atom is -0.443 e. The number of benzene rings is 1. The Hall–Kier alpha value is -2.15. The highest BCUT2D eigenvalue weighted by Gasteiger charge is 2.31. The maximum Gasteiger partial charge on any atom is 0.414 e. The van der Waals surface area contributed by atoms with Crippen LogP contribution < -0.4 is 15.5 Å². The van der Waals surface area contributed by atoms with E-state index in [4.69, 9.17) is 10.5 Å². The summed E-state index contributed by atoms with van der Waals surface area (Å²) in [4.78, 5) is 26.6. The van der Waals surface area contributed by atoms with Gasteiger partial charge in [0, 0.05) is 30.9 Å². The number of halogens is 1. The van der Waals surface area contributed by atoms with Crippen LogP contribution in [-0.2, 0) is 9.53 Å². The van der Waals surface area contributed by atoms with Crippen molar-refractivity contribution in [1.82, 2.24) is 0 Å². The number of nitrogens with two attached hydrogens (primary N) is 1. The van der Waals surface area contributed by atoms with E-state index >= 15 is 0 Å². The van der Waals surface area contributed by atoms with Crippen molar-refractivity contribution >= 4 is 23.3 Å². The maximum atomic E-state index is 13.8. The minimum atomic E-state index is -1.43. The van der Waals surface area contributed by atoms with Gasteiger partial charge < -0.3 is 15.4 Å². The Bertz CT molecular complexity index is 593. The fourth-order valence-corrected chi connectivity index (χ4v) is 2.92. The molecule has 1 amide bonds. The number of rotatable bonds is 3. The smallest absolute Gasteiger partial charge is 0.414 e. The third-order valence-electron chi connectivity index (χ3n) is 4.24. The molecule has 0 bridgehead atoms. The van der Waals surface area contributed by atoms with Crippen LogP contribution in [0.4, 0.5) is 20.6 Å². The molecular formula is C16H20FN3O3. The van der Waals surface area contributed by atoms with E-state index in [1.807, 2.05) is 17.0 Å². The summed E-state index contributed by atoms with van der Waals surface area (Å²) in [5.41, 5.74) is 7.08. The molecule has 2 aliphatic rings. The van der Waals surface area contributed by atoms with E-state index in [1.165, 1.54) is 4.90 Å². The van der Waals surface area contributed by atoms with Crippen LogP contribution in [0.3, 0.4) is 0 Å². The lowest BCUT2D eigenvalue weighted by molar-refractivity contribution is -0.123. The first kappa shape index (κ1) is 15.7. The average molecular weight is 321 g/mol. The second kappa shape index (κ2) is 6.54. The fourth-order valence-electron chi connectivity index (χ4n) is 2.92. The van der Waals surface area contributed by atoms with Gasteiger partial charge in [0.1, 0.15) is 6.10 Å². The lowest BCUT2D eigenvalue weighted by Gasteiger charge is -2.24. The first-order valence-corrected chi connectivity index (χ1v) is 7.78. The van der Waals surface area contributed by atoms with E-state index in [9.17, 15) is 14.0 Å². The van der Waals surface area contributed by atoms with Gasteiger partial charge in [-0.3, -0.25) is 9.69 Å². The van der Waals surface area contributed by atoms with E-state index in [2.05, 4.69) is 0 Å². The Kier molecular flexibility index (Phi) is 4.47. The van der Waals surface area contributed by atoms with Gasteiger partial charge in [-0.05, 0) is 30.7 Å². The lowest BCUT2D eigenvalue weighted by atomic mass is 10.2. The molecule has 2 atom stereocenters. The molecule has 0 spiro atoms. The highest BCUT2D eigenvalue weighted by Crippen LogP contribution is 2.26. The molecule has 3 rings (SSSR count). The van der Waals surface area contributed by atoms with Crippen LogP contribution in [0.2, 0.25) is 0 Å². The van der Waals surface area contributed by atoms with Crippen LogP contribution in [-0.4, -0.2) is 50.3 Å². The zero-order valence-corrected chi connectivity index (χ0v) is 12.8. The van der Waals surface area contributed by atoms with E-state index in [0.29, 0.717) is 26.1 Å². The minimum absolute atomic E-state index is 0.0825. The summed E-state index contributed by atoms with van der Waals surface area (Å²) in [6.45, 7) is 1.45. The molecule has 1 aromatic carbocycles. The predicted octanol–water partition coefficient (Wildman–Crippen LogP) is 1.48. The highest BCUT2D eigenvalue weighted by molar-refractivity contribution is 5.90. The molecule has 1 aromatic rings. The van der Waals surface area contributed by atoms with Crippen molar-refractivity contribution < 1.29 is 18.7 Å². The number of carbonyl (C=O) groups excluding carboxylic acids is 2. The molecule has 0 aromatic heterocycles. The third kappa shape index (κ3) is 3.29. The number of amides is 1. The number of anilines is 2. The molecule has 0 radical (unpaired) electrons. The Morgan fingerprint density at radius 1 is 1.17 bits per heavy atom. The van der Waals surface area contributed by atoms with Crippen molar-refractivity contribution in [1.29, 1.82) is 0 Å². The molecule has 7 heteroatoms. The summed E-state index contributed by atoms with van der Waals surface area (Å²) in [6, 6.07) is 7.27. The second-order valence-corrected chi connectivity index (χ2v) is 5.85.